The first-order valence-corrected chi connectivity index (χ1v) is 6.69. The summed E-state index contributed by atoms with van der Waals surface area (Å²) in [6, 6.07) is 2.93. The van der Waals surface area contributed by atoms with Crippen LogP contribution in [0.15, 0.2) is 18.5 Å². The smallest absolute Gasteiger partial charge is 0.106 e. The summed E-state index contributed by atoms with van der Waals surface area (Å²) in [6.45, 7) is 3.37. The molecule has 1 aliphatic rings. The Morgan fingerprint density at radius 3 is 3.06 bits per heavy atom. The average molecular weight is 264 g/mol. The Kier molecular flexibility index (Phi) is 4.14. The van der Waals surface area contributed by atoms with Crippen molar-refractivity contribution in [3.8, 4) is 0 Å². The molecule has 0 saturated carbocycles. The maximum Gasteiger partial charge on any atom is 0.106 e. The van der Waals surface area contributed by atoms with E-state index >= 15 is 0 Å². The summed E-state index contributed by atoms with van der Waals surface area (Å²) in [7, 11) is 2.17. The van der Waals surface area contributed by atoms with Crippen LogP contribution in [0.5, 0.6) is 0 Å². The number of aromatic nitrogens is 1. The van der Waals surface area contributed by atoms with Gasteiger partial charge >= 0.3 is 0 Å². The molecule has 4 nitrogen and oxygen atoms in total. The molecule has 98 valence electrons. The Morgan fingerprint density at radius 1 is 1.61 bits per heavy atom. The van der Waals surface area contributed by atoms with E-state index in [9.17, 15) is 0 Å². The molecule has 2 heterocycles. The summed E-state index contributed by atoms with van der Waals surface area (Å²) in [5, 5.41) is 3.53. The number of anilines is 1. The third-order valence-electron chi connectivity index (χ3n) is 3.65. The highest BCUT2D eigenvalue weighted by atomic mass is 32.1. The standard InChI is InChI=1S/C13H20N4S/c1-9-7-10(4-6-17(9)2)16-12-8-15-5-3-11(12)13(14)18/h3,5,8-10,16H,4,6-7H2,1-2H3,(H2,14,18). The van der Waals surface area contributed by atoms with Gasteiger partial charge in [0.25, 0.3) is 0 Å². The zero-order valence-electron chi connectivity index (χ0n) is 10.9. The number of nitrogens with two attached hydrogens (primary N) is 1. The third-order valence-corrected chi connectivity index (χ3v) is 3.87. The lowest BCUT2D eigenvalue weighted by molar-refractivity contribution is 0.190. The molecule has 0 aliphatic carbocycles. The lowest BCUT2D eigenvalue weighted by Crippen LogP contribution is -2.42. The first kappa shape index (κ1) is 13.2. The van der Waals surface area contributed by atoms with Crippen LogP contribution in [0.25, 0.3) is 0 Å². The van der Waals surface area contributed by atoms with Crippen LogP contribution in [0.2, 0.25) is 0 Å². The lowest BCUT2D eigenvalue weighted by atomic mass is 9.98. The largest absolute Gasteiger partial charge is 0.389 e. The van der Waals surface area contributed by atoms with Crippen LogP contribution in [0.4, 0.5) is 5.69 Å². The third kappa shape index (κ3) is 2.97. The molecule has 1 fully saturated rings. The van der Waals surface area contributed by atoms with Gasteiger partial charge in [0.2, 0.25) is 0 Å². The number of pyridine rings is 1. The number of piperidine rings is 1. The van der Waals surface area contributed by atoms with Crippen molar-refractivity contribution in [1.82, 2.24) is 9.88 Å². The monoisotopic (exact) mass is 264 g/mol. The van der Waals surface area contributed by atoms with E-state index in [0.717, 1.165) is 30.6 Å². The Morgan fingerprint density at radius 2 is 2.39 bits per heavy atom. The van der Waals surface area contributed by atoms with E-state index in [0.29, 0.717) is 17.1 Å². The fraction of sp³-hybridized carbons (Fsp3) is 0.538. The number of hydrogen-bond acceptors (Lipinski definition) is 4. The van der Waals surface area contributed by atoms with Gasteiger partial charge in [-0.05, 0) is 32.9 Å². The second kappa shape index (κ2) is 5.63. The second-order valence-electron chi connectivity index (χ2n) is 4.98. The first-order chi connectivity index (χ1) is 8.58. The molecule has 3 N–H and O–H groups in total. The van der Waals surface area contributed by atoms with E-state index in [4.69, 9.17) is 18.0 Å². The van der Waals surface area contributed by atoms with Gasteiger partial charge in [-0.3, -0.25) is 4.98 Å². The topological polar surface area (TPSA) is 54.2 Å². The number of nitrogens with one attached hydrogen (secondary N) is 1. The Labute approximate surface area is 114 Å². The zero-order chi connectivity index (χ0) is 13.1. The maximum absolute atomic E-state index is 5.72. The zero-order valence-corrected chi connectivity index (χ0v) is 11.7. The number of likely N-dealkylation sites (tertiary alicyclic amines) is 1. The number of thiocarbonyl (C=S) groups is 1. The minimum absolute atomic E-state index is 0.417. The van der Waals surface area contributed by atoms with Crippen LogP contribution < -0.4 is 11.1 Å². The normalized spacial score (nSPS) is 24.8. The van der Waals surface area contributed by atoms with Crippen molar-refractivity contribution in [1.29, 1.82) is 0 Å². The summed E-state index contributed by atoms with van der Waals surface area (Å²) in [5.74, 6) is 0. The molecule has 18 heavy (non-hydrogen) atoms. The fourth-order valence-electron chi connectivity index (χ4n) is 2.36. The molecule has 2 atom stereocenters. The van der Waals surface area contributed by atoms with Crippen LogP contribution in [-0.2, 0) is 0 Å². The summed E-state index contributed by atoms with van der Waals surface area (Å²) in [6.07, 6.45) is 5.78. The quantitative estimate of drug-likeness (QED) is 0.812. The SMILES string of the molecule is CC1CC(Nc2cnccc2C(N)=S)CCN1C. The summed E-state index contributed by atoms with van der Waals surface area (Å²) < 4.78 is 0. The van der Waals surface area contributed by atoms with Crippen LogP contribution in [0.3, 0.4) is 0 Å². The summed E-state index contributed by atoms with van der Waals surface area (Å²) in [5.41, 5.74) is 7.56. The van der Waals surface area contributed by atoms with Crippen LogP contribution in [0.1, 0.15) is 25.3 Å². The van der Waals surface area contributed by atoms with Crippen molar-refractivity contribution in [3.63, 3.8) is 0 Å². The van der Waals surface area contributed by atoms with Gasteiger partial charge in [0.1, 0.15) is 4.99 Å². The van der Waals surface area contributed by atoms with Crippen molar-refractivity contribution < 1.29 is 0 Å². The second-order valence-corrected chi connectivity index (χ2v) is 5.42. The van der Waals surface area contributed by atoms with E-state index in [1.165, 1.54) is 0 Å². The molecule has 1 aliphatic heterocycles. The van der Waals surface area contributed by atoms with E-state index in [-0.39, 0.29) is 0 Å². The van der Waals surface area contributed by atoms with Gasteiger partial charge in [-0.1, -0.05) is 12.2 Å². The molecule has 0 radical (unpaired) electrons. The first-order valence-electron chi connectivity index (χ1n) is 6.28. The average Bonchev–Trinajstić information content (AvgIpc) is 2.34. The molecule has 0 spiro atoms. The highest BCUT2D eigenvalue weighted by Crippen LogP contribution is 2.21. The molecule has 0 aromatic carbocycles. The van der Waals surface area contributed by atoms with Crippen LogP contribution in [0, 0.1) is 0 Å². The van der Waals surface area contributed by atoms with Gasteiger partial charge in [-0.15, -0.1) is 0 Å². The van der Waals surface area contributed by atoms with Gasteiger partial charge in [0, 0.05) is 30.4 Å². The number of rotatable bonds is 3. The predicted molar refractivity (Wildman–Crippen MR) is 78.9 cm³/mol. The van der Waals surface area contributed by atoms with Crippen molar-refractivity contribution >= 4 is 22.9 Å². The predicted octanol–water partition coefficient (Wildman–Crippen LogP) is 1.61. The molecule has 0 bridgehead atoms. The highest BCUT2D eigenvalue weighted by molar-refractivity contribution is 7.80. The Hall–Kier alpha value is -1.20. The van der Waals surface area contributed by atoms with E-state index in [1.54, 1.807) is 12.4 Å². The highest BCUT2D eigenvalue weighted by Gasteiger charge is 2.23. The molecule has 1 aromatic heterocycles. The molecule has 1 aromatic rings. The van der Waals surface area contributed by atoms with Crippen LogP contribution in [-0.4, -0.2) is 40.5 Å². The summed E-state index contributed by atoms with van der Waals surface area (Å²) in [4.78, 5) is 6.94. The van der Waals surface area contributed by atoms with E-state index in [2.05, 4.69) is 29.2 Å². The van der Waals surface area contributed by atoms with Crippen molar-refractivity contribution in [2.45, 2.75) is 31.8 Å². The summed E-state index contributed by atoms with van der Waals surface area (Å²) >= 11 is 5.06. The van der Waals surface area contributed by atoms with Crippen molar-refractivity contribution in [2.75, 3.05) is 18.9 Å². The van der Waals surface area contributed by atoms with Gasteiger partial charge in [0.05, 0.1) is 11.9 Å². The van der Waals surface area contributed by atoms with Gasteiger partial charge in [-0.25, -0.2) is 0 Å². The van der Waals surface area contributed by atoms with Crippen LogP contribution >= 0.6 is 12.2 Å². The van der Waals surface area contributed by atoms with Gasteiger partial charge in [-0.2, -0.15) is 0 Å². The lowest BCUT2D eigenvalue weighted by Gasteiger charge is -2.36. The molecule has 0 amide bonds. The maximum atomic E-state index is 5.72. The minimum atomic E-state index is 0.417. The molecular weight excluding hydrogens is 244 g/mol. The van der Waals surface area contributed by atoms with E-state index < -0.39 is 0 Å². The molecule has 2 unspecified atom stereocenters. The van der Waals surface area contributed by atoms with Gasteiger partial charge < -0.3 is 16.0 Å². The molecule has 1 saturated heterocycles. The minimum Gasteiger partial charge on any atom is -0.389 e. The Balaban J connectivity index is 2.08. The number of nitrogens with zero attached hydrogens (tertiary/aromatic N) is 2. The van der Waals surface area contributed by atoms with E-state index in [1.807, 2.05) is 6.07 Å². The van der Waals surface area contributed by atoms with Crippen molar-refractivity contribution in [2.24, 2.45) is 5.73 Å². The Bertz CT molecular complexity index is 435. The molecular formula is C13H20N4S. The fourth-order valence-corrected chi connectivity index (χ4v) is 2.54. The number of hydrogen-bond donors (Lipinski definition) is 2. The van der Waals surface area contributed by atoms with Gasteiger partial charge in [0.15, 0.2) is 0 Å². The van der Waals surface area contributed by atoms with Crippen molar-refractivity contribution in [3.05, 3.63) is 24.0 Å². The molecule has 2 rings (SSSR count). The molecule has 5 heteroatoms.